The summed E-state index contributed by atoms with van der Waals surface area (Å²) in [5.41, 5.74) is 0.0117. The van der Waals surface area contributed by atoms with Gasteiger partial charge in [0.15, 0.2) is 0 Å². The van der Waals surface area contributed by atoms with Crippen LogP contribution in [-0.2, 0) is 4.79 Å². The number of urea groups is 1. The molecule has 92 valence electrons. The molecule has 0 saturated heterocycles. The lowest BCUT2D eigenvalue weighted by Crippen LogP contribution is -2.33. The third kappa shape index (κ3) is 4.08. The van der Waals surface area contributed by atoms with E-state index < -0.39 is 24.4 Å². The average molecular weight is 281 g/mol. The maximum atomic E-state index is 12.8. The number of hydrogen-bond acceptors (Lipinski definition) is 2. The molecule has 0 saturated carbocycles. The Morgan fingerprint density at radius 1 is 1.29 bits per heavy atom. The minimum atomic E-state index is -1.20. The molecule has 3 N–H and O–H groups in total. The van der Waals surface area contributed by atoms with E-state index in [4.69, 9.17) is 28.3 Å². The zero-order chi connectivity index (χ0) is 13.0. The van der Waals surface area contributed by atoms with E-state index >= 15 is 0 Å². The first-order valence-electron chi connectivity index (χ1n) is 4.31. The minimum absolute atomic E-state index is 0.0117. The molecule has 0 atom stereocenters. The highest BCUT2D eigenvalue weighted by Gasteiger charge is 2.12. The predicted molar refractivity (Wildman–Crippen MR) is 61.1 cm³/mol. The largest absolute Gasteiger partial charge is 0.480 e. The van der Waals surface area contributed by atoms with Crippen molar-refractivity contribution in [3.63, 3.8) is 0 Å². The van der Waals surface area contributed by atoms with Crippen LogP contribution in [0.1, 0.15) is 0 Å². The van der Waals surface area contributed by atoms with Crippen LogP contribution in [0.25, 0.3) is 0 Å². The summed E-state index contributed by atoms with van der Waals surface area (Å²) in [7, 11) is 0. The Morgan fingerprint density at radius 2 is 1.82 bits per heavy atom. The summed E-state index contributed by atoms with van der Waals surface area (Å²) >= 11 is 11.3. The molecule has 0 bridgehead atoms. The summed E-state index contributed by atoms with van der Waals surface area (Å²) < 4.78 is 12.8. The van der Waals surface area contributed by atoms with Gasteiger partial charge in [0.25, 0.3) is 0 Å². The fourth-order valence-corrected chi connectivity index (χ4v) is 1.53. The molecule has 0 aromatic heterocycles. The Morgan fingerprint density at radius 3 is 2.29 bits per heavy atom. The molecule has 0 fully saturated rings. The Bertz CT molecular complexity index is 445. The zero-order valence-corrected chi connectivity index (χ0v) is 9.77. The lowest BCUT2D eigenvalue weighted by Gasteiger charge is -2.09. The number of hydrogen-bond donors (Lipinski definition) is 3. The van der Waals surface area contributed by atoms with Crippen LogP contribution in [0, 0.1) is 5.82 Å². The minimum Gasteiger partial charge on any atom is -0.480 e. The second kappa shape index (κ2) is 5.70. The van der Waals surface area contributed by atoms with E-state index in [0.717, 1.165) is 12.1 Å². The van der Waals surface area contributed by atoms with Gasteiger partial charge in [-0.1, -0.05) is 23.2 Å². The number of carbonyl (C=O) groups excluding carboxylic acids is 1. The van der Waals surface area contributed by atoms with E-state index in [1.54, 1.807) is 0 Å². The third-order valence-corrected chi connectivity index (χ3v) is 2.24. The monoisotopic (exact) mass is 280 g/mol. The van der Waals surface area contributed by atoms with Gasteiger partial charge in [-0.15, -0.1) is 0 Å². The third-order valence-electron chi connectivity index (χ3n) is 1.65. The zero-order valence-electron chi connectivity index (χ0n) is 8.26. The maximum Gasteiger partial charge on any atom is 0.323 e. The van der Waals surface area contributed by atoms with Crippen molar-refractivity contribution in [3.05, 3.63) is 28.0 Å². The topological polar surface area (TPSA) is 78.4 Å². The highest BCUT2D eigenvalue weighted by atomic mass is 35.5. The van der Waals surface area contributed by atoms with Crippen LogP contribution in [0.4, 0.5) is 14.9 Å². The van der Waals surface area contributed by atoms with Gasteiger partial charge in [-0.2, -0.15) is 0 Å². The van der Waals surface area contributed by atoms with Crippen LogP contribution in [0.3, 0.4) is 0 Å². The van der Waals surface area contributed by atoms with E-state index in [1.165, 1.54) is 0 Å². The van der Waals surface area contributed by atoms with Crippen molar-refractivity contribution in [2.24, 2.45) is 0 Å². The van der Waals surface area contributed by atoms with Crippen LogP contribution < -0.4 is 10.6 Å². The molecule has 0 aliphatic heterocycles. The maximum absolute atomic E-state index is 12.8. The standard InChI is InChI=1S/C9H7Cl2FN2O3/c10-5-1-4(12)2-6(11)8(5)14-9(17)13-3-7(15)16/h1-2H,3H2,(H,15,16)(H2,13,14,17). The summed E-state index contributed by atoms with van der Waals surface area (Å²) in [6.45, 7) is -0.553. The fourth-order valence-electron chi connectivity index (χ4n) is 0.975. The quantitative estimate of drug-likeness (QED) is 0.795. The number of carboxylic acids is 1. The molecular weight excluding hydrogens is 274 g/mol. The van der Waals surface area contributed by atoms with Gasteiger partial charge in [-0.25, -0.2) is 9.18 Å². The number of anilines is 1. The summed E-state index contributed by atoms with van der Waals surface area (Å²) in [4.78, 5) is 21.4. The molecule has 1 aromatic rings. The lowest BCUT2D eigenvalue weighted by atomic mass is 10.3. The number of nitrogens with one attached hydrogen (secondary N) is 2. The first-order valence-corrected chi connectivity index (χ1v) is 5.07. The van der Waals surface area contributed by atoms with Crippen molar-refractivity contribution in [1.82, 2.24) is 5.32 Å². The van der Waals surface area contributed by atoms with Crippen molar-refractivity contribution in [2.45, 2.75) is 0 Å². The Hall–Kier alpha value is -1.53. The SMILES string of the molecule is O=C(O)CNC(=O)Nc1c(Cl)cc(F)cc1Cl. The first-order chi connectivity index (χ1) is 7.90. The normalized spacial score (nSPS) is 9.82. The van der Waals surface area contributed by atoms with Crippen LogP contribution in [-0.4, -0.2) is 23.7 Å². The second-order valence-corrected chi connectivity index (χ2v) is 3.76. The van der Waals surface area contributed by atoms with Crippen LogP contribution in [0.15, 0.2) is 12.1 Å². The molecular formula is C9H7Cl2FN2O3. The fraction of sp³-hybridized carbons (Fsp3) is 0.111. The average Bonchev–Trinajstić information content (AvgIpc) is 2.20. The number of carboxylic acid groups (broad SMARTS) is 1. The van der Waals surface area contributed by atoms with Gasteiger partial charge in [-0.05, 0) is 12.1 Å². The number of rotatable bonds is 3. The van der Waals surface area contributed by atoms with E-state index in [-0.39, 0.29) is 15.7 Å². The van der Waals surface area contributed by atoms with Crippen molar-refractivity contribution in [3.8, 4) is 0 Å². The number of halogens is 3. The Kier molecular flexibility index (Phi) is 4.53. The van der Waals surface area contributed by atoms with Gasteiger partial charge in [0.1, 0.15) is 12.4 Å². The summed E-state index contributed by atoms with van der Waals surface area (Å²) in [6.07, 6.45) is 0. The molecule has 1 aromatic carbocycles. The summed E-state index contributed by atoms with van der Waals surface area (Å²) in [5.74, 6) is -1.84. The number of aliphatic carboxylic acids is 1. The molecule has 0 spiro atoms. The van der Waals surface area contributed by atoms with E-state index in [0.29, 0.717) is 0 Å². The smallest absolute Gasteiger partial charge is 0.323 e. The first kappa shape index (κ1) is 13.5. The highest BCUT2D eigenvalue weighted by molar-refractivity contribution is 6.39. The summed E-state index contributed by atoms with van der Waals surface area (Å²) in [5, 5.41) is 12.4. The van der Waals surface area contributed by atoms with Crippen molar-refractivity contribution in [1.29, 1.82) is 0 Å². The van der Waals surface area contributed by atoms with Gasteiger partial charge < -0.3 is 15.7 Å². The van der Waals surface area contributed by atoms with Gasteiger partial charge in [0, 0.05) is 0 Å². The molecule has 0 aliphatic carbocycles. The highest BCUT2D eigenvalue weighted by Crippen LogP contribution is 2.31. The lowest BCUT2D eigenvalue weighted by molar-refractivity contribution is -0.135. The van der Waals surface area contributed by atoms with E-state index in [2.05, 4.69) is 5.32 Å². The Balaban J connectivity index is 2.75. The molecule has 0 aliphatic rings. The van der Waals surface area contributed by atoms with Gasteiger partial charge in [-0.3, -0.25) is 4.79 Å². The van der Waals surface area contributed by atoms with E-state index in [1.807, 2.05) is 5.32 Å². The number of carbonyl (C=O) groups is 2. The van der Waals surface area contributed by atoms with Gasteiger partial charge in [0.05, 0.1) is 15.7 Å². The predicted octanol–water partition coefficient (Wildman–Crippen LogP) is 2.34. The summed E-state index contributed by atoms with van der Waals surface area (Å²) in [6, 6.07) is 1.14. The molecule has 0 unspecified atom stereocenters. The second-order valence-electron chi connectivity index (χ2n) is 2.95. The van der Waals surface area contributed by atoms with Gasteiger partial charge in [0.2, 0.25) is 0 Å². The van der Waals surface area contributed by atoms with E-state index in [9.17, 15) is 14.0 Å². The number of amides is 2. The van der Waals surface area contributed by atoms with Crippen molar-refractivity contribution in [2.75, 3.05) is 11.9 Å². The van der Waals surface area contributed by atoms with Crippen LogP contribution in [0.2, 0.25) is 10.0 Å². The number of benzene rings is 1. The molecule has 0 heterocycles. The molecule has 8 heteroatoms. The van der Waals surface area contributed by atoms with Gasteiger partial charge >= 0.3 is 12.0 Å². The van der Waals surface area contributed by atoms with Crippen LogP contribution >= 0.6 is 23.2 Å². The van der Waals surface area contributed by atoms with Crippen LogP contribution in [0.5, 0.6) is 0 Å². The molecule has 2 amide bonds. The molecule has 5 nitrogen and oxygen atoms in total. The van der Waals surface area contributed by atoms with Crippen molar-refractivity contribution >= 4 is 40.9 Å². The van der Waals surface area contributed by atoms with Crippen molar-refractivity contribution < 1.29 is 19.1 Å². The molecule has 0 radical (unpaired) electrons. The molecule has 1 rings (SSSR count). The molecule has 17 heavy (non-hydrogen) atoms. The Labute approximate surface area is 106 Å².